The van der Waals surface area contributed by atoms with E-state index < -0.39 is 11.9 Å². The van der Waals surface area contributed by atoms with Gasteiger partial charge in [-0.3, -0.25) is 14.4 Å². The normalized spacial score (nSPS) is 17.1. The fourth-order valence-corrected chi connectivity index (χ4v) is 3.67. The van der Waals surface area contributed by atoms with E-state index in [1.54, 1.807) is 17.0 Å². The molecule has 1 aromatic heterocycles. The standard InChI is InChI=1S/C20H18N2O4/c23-18(21-10-9-13(11-21)20(25)26)12-22-16-7-3-1-5-14(16)19(24)15-6-2-4-8-17(15)22/h1-8,13H,9-12H2,(H,25,26). The van der Waals surface area contributed by atoms with Gasteiger partial charge in [0.1, 0.15) is 6.54 Å². The molecule has 1 N–H and O–H groups in total. The third-order valence-electron chi connectivity index (χ3n) is 5.06. The molecule has 0 bridgehead atoms. The fraction of sp³-hybridized carbons (Fsp3) is 0.250. The van der Waals surface area contributed by atoms with Crippen LogP contribution in [0.2, 0.25) is 0 Å². The van der Waals surface area contributed by atoms with Crippen LogP contribution in [0.5, 0.6) is 0 Å². The van der Waals surface area contributed by atoms with E-state index >= 15 is 0 Å². The minimum Gasteiger partial charge on any atom is -0.481 e. The van der Waals surface area contributed by atoms with Crippen molar-refractivity contribution in [2.45, 2.75) is 13.0 Å². The van der Waals surface area contributed by atoms with Crippen molar-refractivity contribution in [1.82, 2.24) is 9.47 Å². The van der Waals surface area contributed by atoms with Gasteiger partial charge >= 0.3 is 5.97 Å². The number of aromatic nitrogens is 1. The highest BCUT2D eigenvalue weighted by Crippen LogP contribution is 2.21. The summed E-state index contributed by atoms with van der Waals surface area (Å²) in [4.78, 5) is 38.3. The molecule has 6 nitrogen and oxygen atoms in total. The van der Waals surface area contributed by atoms with Crippen molar-refractivity contribution in [3.8, 4) is 0 Å². The summed E-state index contributed by atoms with van der Waals surface area (Å²) < 4.78 is 1.85. The summed E-state index contributed by atoms with van der Waals surface area (Å²) in [7, 11) is 0. The molecule has 132 valence electrons. The molecule has 6 heteroatoms. The number of pyridine rings is 1. The molecule has 26 heavy (non-hydrogen) atoms. The fourth-order valence-electron chi connectivity index (χ4n) is 3.67. The Bertz CT molecular complexity index is 1030. The van der Waals surface area contributed by atoms with Gasteiger partial charge in [-0.1, -0.05) is 24.3 Å². The smallest absolute Gasteiger partial charge is 0.308 e. The van der Waals surface area contributed by atoms with Gasteiger partial charge in [-0.2, -0.15) is 0 Å². The largest absolute Gasteiger partial charge is 0.481 e. The monoisotopic (exact) mass is 350 g/mol. The summed E-state index contributed by atoms with van der Waals surface area (Å²) in [6.07, 6.45) is 0.479. The van der Waals surface area contributed by atoms with Gasteiger partial charge in [0.2, 0.25) is 5.91 Å². The van der Waals surface area contributed by atoms with E-state index in [1.807, 2.05) is 41.0 Å². The number of para-hydroxylation sites is 2. The molecule has 0 spiro atoms. The molecule has 1 aliphatic heterocycles. The van der Waals surface area contributed by atoms with Gasteiger partial charge in [-0.25, -0.2) is 0 Å². The highest BCUT2D eigenvalue weighted by molar-refractivity contribution is 5.95. The average Bonchev–Trinajstić information content (AvgIpc) is 3.16. The van der Waals surface area contributed by atoms with Crippen LogP contribution in [-0.2, 0) is 16.1 Å². The van der Waals surface area contributed by atoms with Crippen molar-refractivity contribution in [3.05, 3.63) is 58.8 Å². The van der Waals surface area contributed by atoms with Gasteiger partial charge in [0.15, 0.2) is 5.43 Å². The van der Waals surface area contributed by atoms with E-state index in [1.165, 1.54) is 0 Å². The van der Waals surface area contributed by atoms with E-state index in [0.29, 0.717) is 34.8 Å². The summed E-state index contributed by atoms with van der Waals surface area (Å²) >= 11 is 0. The number of carbonyl (C=O) groups excluding carboxylic acids is 1. The topological polar surface area (TPSA) is 79.6 Å². The van der Waals surface area contributed by atoms with E-state index in [4.69, 9.17) is 5.11 Å². The van der Waals surface area contributed by atoms with Gasteiger partial charge in [-0.15, -0.1) is 0 Å². The maximum absolute atomic E-state index is 12.8. The number of amides is 1. The van der Waals surface area contributed by atoms with Gasteiger partial charge < -0.3 is 14.6 Å². The third kappa shape index (κ3) is 2.63. The number of nitrogens with zero attached hydrogens (tertiary/aromatic N) is 2. The Morgan fingerprint density at radius 2 is 1.58 bits per heavy atom. The zero-order valence-electron chi connectivity index (χ0n) is 14.1. The van der Waals surface area contributed by atoms with Crippen LogP contribution < -0.4 is 5.43 Å². The molecule has 0 radical (unpaired) electrons. The number of benzene rings is 2. The Morgan fingerprint density at radius 1 is 1.00 bits per heavy atom. The number of rotatable bonds is 3. The number of carbonyl (C=O) groups is 2. The Hall–Kier alpha value is -3.15. The molecule has 0 saturated carbocycles. The van der Waals surface area contributed by atoms with E-state index in [0.717, 1.165) is 0 Å². The second-order valence-corrected chi connectivity index (χ2v) is 6.61. The predicted octanol–water partition coefficient (Wildman–Crippen LogP) is 2.09. The molecule has 3 aromatic rings. The first-order valence-electron chi connectivity index (χ1n) is 8.57. The third-order valence-corrected chi connectivity index (χ3v) is 5.06. The van der Waals surface area contributed by atoms with Crippen LogP contribution in [0.4, 0.5) is 0 Å². The lowest BCUT2D eigenvalue weighted by Gasteiger charge is -2.20. The molecule has 4 rings (SSSR count). The van der Waals surface area contributed by atoms with Gasteiger partial charge in [-0.05, 0) is 30.7 Å². The Labute approximate surface area is 149 Å². The molecule has 2 aromatic carbocycles. The summed E-state index contributed by atoms with van der Waals surface area (Å²) in [5, 5.41) is 10.3. The van der Waals surface area contributed by atoms with Crippen LogP contribution in [0.3, 0.4) is 0 Å². The van der Waals surface area contributed by atoms with Gasteiger partial charge in [0.25, 0.3) is 0 Å². The number of carboxylic acids is 1. The molecule has 1 unspecified atom stereocenters. The highest BCUT2D eigenvalue weighted by atomic mass is 16.4. The first kappa shape index (κ1) is 16.3. The molecule has 1 amide bonds. The molecule has 1 fully saturated rings. The van der Waals surface area contributed by atoms with Crippen LogP contribution >= 0.6 is 0 Å². The second-order valence-electron chi connectivity index (χ2n) is 6.61. The number of carboxylic acid groups (broad SMARTS) is 1. The lowest BCUT2D eigenvalue weighted by Crippen LogP contribution is -2.33. The molecule has 0 aliphatic carbocycles. The molecule has 1 aliphatic rings. The maximum atomic E-state index is 12.8. The van der Waals surface area contributed by atoms with Gasteiger partial charge in [0.05, 0.1) is 17.0 Å². The first-order chi connectivity index (χ1) is 12.6. The Morgan fingerprint density at radius 3 is 2.12 bits per heavy atom. The molecule has 2 heterocycles. The average molecular weight is 350 g/mol. The van der Waals surface area contributed by atoms with Crippen molar-refractivity contribution < 1.29 is 14.7 Å². The lowest BCUT2D eigenvalue weighted by atomic mass is 10.1. The van der Waals surface area contributed by atoms with Crippen molar-refractivity contribution in [2.24, 2.45) is 5.92 Å². The number of aliphatic carboxylic acids is 1. The predicted molar refractivity (Wildman–Crippen MR) is 98.0 cm³/mol. The van der Waals surface area contributed by atoms with Crippen molar-refractivity contribution in [2.75, 3.05) is 13.1 Å². The van der Waals surface area contributed by atoms with Crippen molar-refractivity contribution in [1.29, 1.82) is 0 Å². The van der Waals surface area contributed by atoms with Crippen LogP contribution in [0.25, 0.3) is 21.8 Å². The van der Waals surface area contributed by atoms with Crippen LogP contribution in [0, 0.1) is 5.92 Å². The lowest BCUT2D eigenvalue weighted by molar-refractivity contribution is -0.141. The SMILES string of the molecule is O=C(O)C1CCN(C(=O)Cn2c3ccccc3c(=O)c3ccccc32)C1. The summed E-state index contributed by atoms with van der Waals surface area (Å²) in [5.41, 5.74) is 1.36. The van der Waals surface area contributed by atoms with Crippen molar-refractivity contribution >= 4 is 33.7 Å². The second kappa shape index (κ2) is 6.29. The van der Waals surface area contributed by atoms with Crippen molar-refractivity contribution in [3.63, 3.8) is 0 Å². The zero-order chi connectivity index (χ0) is 18.3. The van der Waals surface area contributed by atoms with Crippen LogP contribution in [-0.4, -0.2) is 39.5 Å². The number of fused-ring (bicyclic) bond motifs is 2. The number of likely N-dealkylation sites (tertiary alicyclic amines) is 1. The zero-order valence-corrected chi connectivity index (χ0v) is 14.1. The molecule has 1 atom stereocenters. The molecule has 1 saturated heterocycles. The Kier molecular flexibility index (Phi) is 3.95. The minimum absolute atomic E-state index is 0.0491. The number of hydrogen-bond donors (Lipinski definition) is 1. The maximum Gasteiger partial charge on any atom is 0.308 e. The molecular formula is C20H18N2O4. The first-order valence-corrected chi connectivity index (χ1v) is 8.57. The van der Waals surface area contributed by atoms with E-state index in [-0.39, 0.29) is 24.4 Å². The Balaban J connectivity index is 1.78. The van der Waals surface area contributed by atoms with Gasteiger partial charge in [0, 0.05) is 23.9 Å². The van der Waals surface area contributed by atoms with Crippen LogP contribution in [0.1, 0.15) is 6.42 Å². The van der Waals surface area contributed by atoms with E-state index in [9.17, 15) is 14.4 Å². The molecular weight excluding hydrogens is 332 g/mol. The highest BCUT2D eigenvalue weighted by Gasteiger charge is 2.31. The van der Waals surface area contributed by atoms with Crippen LogP contribution in [0.15, 0.2) is 53.3 Å². The number of hydrogen-bond acceptors (Lipinski definition) is 3. The summed E-state index contributed by atoms with van der Waals surface area (Å²) in [6.45, 7) is 0.768. The minimum atomic E-state index is -0.862. The van der Waals surface area contributed by atoms with E-state index in [2.05, 4.69) is 0 Å². The summed E-state index contributed by atoms with van der Waals surface area (Å²) in [5.74, 6) is -1.49. The quantitative estimate of drug-likeness (QED) is 0.734. The summed E-state index contributed by atoms with van der Waals surface area (Å²) in [6, 6.07) is 14.5.